The summed E-state index contributed by atoms with van der Waals surface area (Å²) in [5, 5.41) is 18.4. The zero-order valence-corrected chi connectivity index (χ0v) is 9.02. The van der Waals surface area contributed by atoms with E-state index in [4.69, 9.17) is 5.73 Å². The number of hydrogen-bond donors (Lipinski definition) is 2. The standard InChI is InChI=1S/C8H13N5O4/c9-8-11-5-3-7(12(8)14)10-4-1-2-6-17-13(15)16/h3,5,14H,1-2,4,6H2,(H2,9,11). The summed E-state index contributed by atoms with van der Waals surface area (Å²) in [6.45, 7) is 0.450. The van der Waals surface area contributed by atoms with Crippen LogP contribution >= 0.6 is 0 Å². The minimum absolute atomic E-state index is 0.0418. The number of anilines is 1. The van der Waals surface area contributed by atoms with Gasteiger partial charge in [0.2, 0.25) is 5.95 Å². The van der Waals surface area contributed by atoms with Gasteiger partial charge in [0.25, 0.3) is 5.09 Å². The molecule has 9 nitrogen and oxygen atoms in total. The van der Waals surface area contributed by atoms with Crippen molar-refractivity contribution in [3.63, 3.8) is 0 Å². The first-order valence-electron chi connectivity index (χ1n) is 4.92. The van der Waals surface area contributed by atoms with Crippen molar-refractivity contribution in [2.45, 2.75) is 12.8 Å². The molecule has 94 valence electrons. The molecule has 1 aromatic heterocycles. The molecule has 0 aliphatic carbocycles. The van der Waals surface area contributed by atoms with Crippen LogP contribution in [0.1, 0.15) is 12.8 Å². The Labute approximate surface area is 96.2 Å². The van der Waals surface area contributed by atoms with Crippen LogP contribution in [0.15, 0.2) is 17.3 Å². The second kappa shape index (κ2) is 6.30. The predicted octanol–water partition coefficient (Wildman–Crippen LogP) is -0.408. The van der Waals surface area contributed by atoms with Crippen LogP contribution in [0.4, 0.5) is 5.95 Å². The number of unbranched alkanes of at least 4 members (excludes halogenated alkanes) is 1. The zero-order valence-electron chi connectivity index (χ0n) is 9.02. The van der Waals surface area contributed by atoms with Gasteiger partial charge in [0.15, 0.2) is 5.49 Å². The van der Waals surface area contributed by atoms with Crippen LogP contribution in [0, 0.1) is 10.1 Å². The fourth-order valence-electron chi connectivity index (χ4n) is 1.09. The van der Waals surface area contributed by atoms with Crippen molar-refractivity contribution in [1.29, 1.82) is 0 Å². The minimum Gasteiger partial charge on any atom is -0.423 e. The smallest absolute Gasteiger partial charge is 0.294 e. The topological polar surface area (TPSA) is 129 Å². The van der Waals surface area contributed by atoms with Gasteiger partial charge >= 0.3 is 0 Å². The Morgan fingerprint density at radius 1 is 1.65 bits per heavy atom. The van der Waals surface area contributed by atoms with Crippen molar-refractivity contribution in [3.05, 3.63) is 27.9 Å². The average molecular weight is 243 g/mol. The second-order valence-electron chi connectivity index (χ2n) is 3.12. The number of aromatic nitrogens is 2. The van der Waals surface area contributed by atoms with E-state index in [9.17, 15) is 15.3 Å². The number of nitrogen functional groups attached to an aromatic ring is 1. The summed E-state index contributed by atoms with van der Waals surface area (Å²) in [7, 11) is 0. The van der Waals surface area contributed by atoms with Crippen molar-refractivity contribution in [1.82, 2.24) is 9.71 Å². The van der Waals surface area contributed by atoms with E-state index >= 15 is 0 Å². The molecule has 0 fully saturated rings. The summed E-state index contributed by atoms with van der Waals surface area (Å²) < 4.78 is 0.674. The molecule has 0 aliphatic heterocycles. The maximum Gasteiger partial charge on any atom is 0.294 e. The van der Waals surface area contributed by atoms with E-state index in [-0.39, 0.29) is 18.0 Å². The van der Waals surface area contributed by atoms with Crippen LogP contribution in [0.2, 0.25) is 0 Å². The maximum absolute atomic E-state index is 9.84. The van der Waals surface area contributed by atoms with E-state index in [0.717, 1.165) is 0 Å². The number of nitrogens with zero attached hydrogens (tertiary/aromatic N) is 4. The Hall–Kier alpha value is -2.32. The Bertz CT molecular complexity index is 444. The van der Waals surface area contributed by atoms with E-state index in [1.54, 1.807) is 0 Å². The van der Waals surface area contributed by atoms with Crippen LogP contribution in [0.3, 0.4) is 0 Å². The molecule has 1 heterocycles. The van der Waals surface area contributed by atoms with Crippen LogP contribution in [0.25, 0.3) is 0 Å². The lowest BCUT2D eigenvalue weighted by atomic mass is 10.3. The molecule has 1 aromatic rings. The van der Waals surface area contributed by atoms with Gasteiger partial charge in [-0.05, 0) is 12.8 Å². The summed E-state index contributed by atoms with van der Waals surface area (Å²) in [4.78, 5) is 21.7. The highest BCUT2D eigenvalue weighted by Crippen LogP contribution is 1.91. The lowest BCUT2D eigenvalue weighted by molar-refractivity contribution is -0.757. The first-order chi connectivity index (χ1) is 8.11. The van der Waals surface area contributed by atoms with Gasteiger partial charge in [0.1, 0.15) is 0 Å². The Morgan fingerprint density at radius 3 is 3.12 bits per heavy atom. The normalized spacial score (nSPS) is 11.4. The molecule has 0 amide bonds. The molecule has 1 rings (SSSR count). The van der Waals surface area contributed by atoms with Crippen molar-refractivity contribution in [2.24, 2.45) is 4.99 Å². The molecule has 3 N–H and O–H groups in total. The van der Waals surface area contributed by atoms with Gasteiger partial charge in [-0.15, -0.1) is 14.8 Å². The monoisotopic (exact) mass is 243 g/mol. The molecular weight excluding hydrogens is 230 g/mol. The molecule has 0 aromatic carbocycles. The van der Waals surface area contributed by atoms with Gasteiger partial charge in [-0.3, -0.25) is 4.99 Å². The molecule has 0 aliphatic rings. The molecule has 0 bridgehead atoms. The van der Waals surface area contributed by atoms with Crippen molar-refractivity contribution in [3.8, 4) is 0 Å². The van der Waals surface area contributed by atoms with Gasteiger partial charge in [-0.25, -0.2) is 4.98 Å². The number of nitrogens with two attached hydrogens (primary N) is 1. The third-order valence-electron chi connectivity index (χ3n) is 1.89. The maximum atomic E-state index is 9.84. The van der Waals surface area contributed by atoms with Crippen LogP contribution in [-0.2, 0) is 4.84 Å². The molecule has 0 spiro atoms. The molecule has 0 unspecified atom stereocenters. The third kappa shape index (κ3) is 4.36. The van der Waals surface area contributed by atoms with E-state index in [1.807, 2.05) is 0 Å². The van der Waals surface area contributed by atoms with Gasteiger partial charge in [0, 0.05) is 18.8 Å². The summed E-state index contributed by atoms with van der Waals surface area (Å²) in [5.41, 5.74) is 5.64. The van der Waals surface area contributed by atoms with Crippen LogP contribution in [0.5, 0.6) is 0 Å². The summed E-state index contributed by atoms with van der Waals surface area (Å²) in [6.07, 6.45) is 2.54. The van der Waals surface area contributed by atoms with Gasteiger partial charge in [-0.1, -0.05) is 0 Å². The largest absolute Gasteiger partial charge is 0.423 e. The third-order valence-corrected chi connectivity index (χ3v) is 1.89. The zero-order chi connectivity index (χ0) is 12.7. The lowest BCUT2D eigenvalue weighted by Crippen LogP contribution is -2.22. The molecule has 9 heteroatoms. The van der Waals surface area contributed by atoms with Crippen molar-refractivity contribution in [2.75, 3.05) is 18.9 Å². The minimum atomic E-state index is -0.831. The Morgan fingerprint density at radius 2 is 2.41 bits per heavy atom. The summed E-state index contributed by atoms with van der Waals surface area (Å²) in [6, 6.07) is 1.50. The van der Waals surface area contributed by atoms with Gasteiger partial charge in [-0.2, -0.15) is 0 Å². The molecule has 0 radical (unpaired) electrons. The van der Waals surface area contributed by atoms with E-state index in [0.29, 0.717) is 24.1 Å². The Balaban J connectivity index is 2.38. The molecule has 0 saturated heterocycles. The molecule has 17 heavy (non-hydrogen) atoms. The Kier molecular flexibility index (Phi) is 4.73. The first-order valence-corrected chi connectivity index (χ1v) is 4.92. The van der Waals surface area contributed by atoms with Crippen molar-refractivity contribution >= 4 is 5.95 Å². The van der Waals surface area contributed by atoms with Crippen LogP contribution < -0.4 is 11.2 Å². The average Bonchev–Trinajstić information content (AvgIpc) is 2.28. The van der Waals surface area contributed by atoms with E-state index in [2.05, 4.69) is 14.8 Å². The van der Waals surface area contributed by atoms with E-state index < -0.39 is 5.09 Å². The number of rotatable bonds is 6. The predicted molar refractivity (Wildman–Crippen MR) is 56.4 cm³/mol. The highest BCUT2D eigenvalue weighted by Gasteiger charge is 1.96. The van der Waals surface area contributed by atoms with Gasteiger partial charge < -0.3 is 15.8 Å². The highest BCUT2D eigenvalue weighted by atomic mass is 16.9. The van der Waals surface area contributed by atoms with Crippen molar-refractivity contribution < 1.29 is 15.1 Å². The van der Waals surface area contributed by atoms with Crippen LogP contribution in [-0.4, -0.2) is 33.2 Å². The lowest BCUT2D eigenvalue weighted by Gasteiger charge is -2.01. The fourth-order valence-corrected chi connectivity index (χ4v) is 1.09. The molecular formula is C8H13N5O4. The highest BCUT2D eigenvalue weighted by molar-refractivity contribution is 5.13. The first kappa shape index (κ1) is 12.7. The van der Waals surface area contributed by atoms with Gasteiger partial charge in [0.05, 0.1) is 6.61 Å². The summed E-state index contributed by atoms with van der Waals surface area (Å²) in [5.74, 6) is -0.0528. The molecule has 0 atom stereocenters. The summed E-state index contributed by atoms with van der Waals surface area (Å²) >= 11 is 0. The quantitative estimate of drug-likeness (QED) is 0.302. The second-order valence-corrected chi connectivity index (χ2v) is 3.12. The SMILES string of the molecule is Nc1nccc(=NCCCCO[N+](=O)[O-])n1O. The number of hydrogen-bond acceptors (Lipinski definition) is 7. The molecule has 0 saturated carbocycles. The fraction of sp³-hybridized carbons (Fsp3) is 0.500. The van der Waals surface area contributed by atoms with E-state index in [1.165, 1.54) is 12.3 Å².